The quantitative estimate of drug-likeness (QED) is 0.524. The topological polar surface area (TPSA) is 84.5 Å². The molecule has 152 valence electrons. The highest BCUT2D eigenvalue weighted by molar-refractivity contribution is 7.89. The Bertz CT molecular complexity index is 952. The van der Waals surface area contributed by atoms with Crippen LogP contribution < -0.4 is 14.8 Å². The third-order valence-corrected chi connectivity index (χ3v) is 6.09. The first-order chi connectivity index (χ1) is 13.2. The first-order valence-electron chi connectivity index (χ1n) is 8.40. The van der Waals surface area contributed by atoms with Crippen LogP contribution in [0.3, 0.4) is 0 Å². The van der Waals surface area contributed by atoms with E-state index in [1.165, 1.54) is 24.3 Å². The molecule has 0 aromatic heterocycles. The van der Waals surface area contributed by atoms with E-state index in [1.807, 2.05) is 6.92 Å². The second-order valence-electron chi connectivity index (χ2n) is 5.81. The highest BCUT2D eigenvalue weighted by Crippen LogP contribution is 2.28. The number of nitrogens with one attached hydrogen (secondary N) is 2. The van der Waals surface area contributed by atoms with Crippen LogP contribution in [-0.4, -0.2) is 27.5 Å². The minimum absolute atomic E-state index is 0.0289. The highest BCUT2D eigenvalue weighted by atomic mass is 35.5. The molecule has 0 aliphatic carbocycles. The van der Waals surface area contributed by atoms with Crippen molar-refractivity contribution < 1.29 is 17.9 Å². The maximum atomic E-state index is 12.2. The van der Waals surface area contributed by atoms with E-state index in [0.717, 1.165) is 12.8 Å². The summed E-state index contributed by atoms with van der Waals surface area (Å²) in [5.41, 5.74) is 0.466. The van der Waals surface area contributed by atoms with E-state index in [2.05, 4.69) is 10.0 Å². The third kappa shape index (κ3) is 6.53. The lowest BCUT2D eigenvalue weighted by molar-refractivity contribution is -0.118. The molecule has 0 fully saturated rings. The normalized spacial score (nSPS) is 11.3. The summed E-state index contributed by atoms with van der Waals surface area (Å²) in [7, 11) is -3.64. The number of anilines is 1. The molecule has 28 heavy (non-hydrogen) atoms. The molecule has 0 aliphatic heterocycles. The van der Waals surface area contributed by atoms with E-state index >= 15 is 0 Å². The number of hydrogen-bond donors (Lipinski definition) is 2. The van der Waals surface area contributed by atoms with Crippen LogP contribution in [0, 0.1) is 0 Å². The number of carbonyl (C=O) groups excluding carboxylic acids is 1. The van der Waals surface area contributed by atoms with Crippen molar-refractivity contribution in [3.63, 3.8) is 0 Å². The minimum Gasteiger partial charge on any atom is -0.482 e. The smallest absolute Gasteiger partial charge is 0.262 e. The van der Waals surface area contributed by atoms with Crippen molar-refractivity contribution >= 4 is 56.4 Å². The summed E-state index contributed by atoms with van der Waals surface area (Å²) in [6.07, 6.45) is 1.61. The molecule has 2 aromatic carbocycles. The fourth-order valence-corrected chi connectivity index (χ4v) is 3.84. The van der Waals surface area contributed by atoms with Crippen LogP contribution >= 0.6 is 34.8 Å². The van der Waals surface area contributed by atoms with Gasteiger partial charge in [-0.05, 0) is 42.8 Å². The molecule has 2 N–H and O–H groups in total. The van der Waals surface area contributed by atoms with Crippen molar-refractivity contribution in [1.29, 1.82) is 0 Å². The summed E-state index contributed by atoms with van der Waals surface area (Å²) >= 11 is 17.8. The number of carbonyl (C=O) groups is 1. The number of sulfonamides is 1. The molecule has 0 atom stereocenters. The molecule has 0 aliphatic rings. The fourth-order valence-electron chi connectivity index (χ4n) is 2.15. The van der Waals surface area contributed by atoms with E-state index in [-0.39, 0.29) is 22.3 Å². The van der Waals surface area contributed by atoms with Gasteiger partial charge in [0.15, 0.2) is 6.61 Å². The second kappa shape index (κ2) is 10.3. The Balaban J connectivity index is 1.97. The van der Waals surface area contributed by atoms with Gasteiger partial charge in [0.05, 0.1) is 20.0 Å². The van der Waals surface area contributed by atoms with Gasteiger partial charge >= 0.3 is 0 Å². The van der Waals surface area contributed by atoms with E-state index in [1.54, 1.807) is 12.1 Å². The van der Waals surface area contributed by atoms with Gasteiger partial charge in [-0.15, -0.1) is 0 Å². The number of rotatable bonds is 9. The first-order valence-corrected chi connectivity index (χ1v) is 11.0. The average molecular weight is 466 g/mol. The number of amides is 1. The van der Waals surface area contributed by atoms with Crippen LogP contribution in [0.15, 0.2) is 41.3 Å². The van der Waals surface area contributed by atoms with Gasteiger partial charge in [0, 0.05) is 12.2 Å². The molecule has 2 rings (SSSR count). The Kier molecular flexibility index (Phi) is 8.39. The van der Waals surface area contributed by atoms with Crippen LogP contribution in [0.4, 0.5) is 5.69 Å². The number of unbranched alkanes of at least 4 members (excludes halogenated alkanes) is 1. The first kappa shape index (κ1) is 22.8. The zero-order valence-electron chi connectivity index (χ0n) is 15.0. The van der Waals surface area contributed by atoms with Crippen molar-refractivity contribution in [2.45, 2.75) is 24.7 Å². The Labute approximate surface area is 179 Å². The molecule has 0 saturated carbocycles. The fraction of sp³-hybridized carbons (Fsp3) is 0.278. The lowest BCUT2D eigenvalue weighted by Gasteiger charge is -2.11. The molecule has 0 unspecified atom stereocenters. The number of hydrogen-bond acceptors (Lipinski definition) is 4. The molecule has 0 spiro atoms. The van der Waals surface area contributed by atoms with Gasteiger partial charge in [-0.3, -0.25) is 4.79 Å². The van der Waals surface area contributed by atoms with Gasteiger partial charge in [-0.1, -0.05) is 48.1 Å². The predicted octanol–water partition coefficient (Wildman–Crippen LogP) is 4.74. The molecule has 0 saturated heterocycles. The summed E-state index contributed by atoms with van der Waals surface area (Å²) in [6.45, 7) is 2.00. The van der Waals surface area contributed by atoms with Gasteiger partial charge in [0.2, 0.25) is 10.0 Å². The van der Waals surface area contributed by atoms with Gasteiger partial charge in [0.1, 0.15) is 5.75 Å². The van der Waals surface area contributed by atoms with Crippen LogP contribution in [-0.2, 0) is 14.8 Å². The van der Waals surface area contributed by atoms with Crippen LogP contribution in [0.25, 0.3) is 0 Å². The van der Waals surface area contributed by atoms with Crippen molar-refractivity contribution in [1.82, 2.24) is 4.72 Å². The minimum atomic E-state index is -3.64. The zero-order valence-corrected chi connectivity index (χ0v) is 18.1. The van der Waals surface area contributed by atoms with Crippen molar-refractivity contribution in [3.8, 4) is 5.75 Å². The SMILES string of the molecule is CCCCNS(=O)(=O)c1ccc(OCC(=O)Nc2ccc(Cl)c(Cl)c2)c(Cl)c1. The van der Waals surface area contributed by atoms with Gasteiger partial charge in [0.25, 0.3) is 5.91 Å². The van der Waals surface area contributed by atoms with Crippen LogP contribution in [0.5, 0.6) is 5.75 Å². The third-order valence-electron chi connectivity index (χ3n) is 3.60. The maximum absolute atomic E-state index is 12.2. The lowest BCUT2D eigenvalue weighted by atomic mass is 10.3. The largest absolute Gasteiger partial charge is 0.482 e. The molecular weight excluding hydrogens is 447 g/mol. The standard InChI is InChI=1S/C18H19Cl3N2O4S/c1-2-3-8-22-28(25,26)13-5-7-17(16(21)10-13)27-11-18(24)23-12-4-6-14(19)15(20)9-12/h4-7,9-10,22H,2-3,8,11H2,1H3,(H,23,24). The summed E-state index contributed by atoms with van der Waals surface area (Å²) in [4.78, 5) is 12.0. The Morgan fingerprint density at radius 1 is 1.04 bits per heavy atom. The van der Waals surface area contributed by atoms with Crippen molar-refractivity contribution in [2.24, 2.45) is 0 Å². The van der Waals surface area contributed by atoms with Crippen molar-refractivity contribution in [3.05, 3.63) is 51.5 Å². The summed E-state index contributed by atoms with van der Waals surface area (Å²) < 4.78 is 32.3. The van der Waals surface area contributed by atoms with E-state index in [0.29, 0.717) is 22.3 Å². The molecule has 6 nitrogen and oxygen atoms in total. The Morgan fingerprint density at radius 2 is 1.79 bits per heavy atom. The second-order valence-corrected chi connectivity index (χ2v) is 8.80. The molecular formula is C18H19Cl3N2O4S. The van der Waals surface area contributed by atoms with E-state index in [9.17, 15) is 13.2 Å². The number of ether oxygens (including phenoxy) is 1. The van der Waals surface area contributed by atoms with Crippen molar-refractivity contribution in [2.75, 3.05) is 18.5 Å². The molecule has 0 heterocycles. The lowest BCUT2D eigenvalue weighted by Crippen LogP contribution is -2.24. The average Bonchev–Trinajstić information content (AvgIpc) is 2.64. The Morgan fingerprint density at radius 3 is 2.43 bits per heavy atom. The molecule has 0 radical (unpaired) electrons. The summed E-state index contributed by atoms with van der Waals surface area (Å²) in [6, 6.07) is 8.73. The van der Waals surface area contributed by atoms with E-state index in [4.69, 9.17) is 39.5 Å². The predicted molar refractivity (Wildman–Crippen MR) is 112 cm³/mol. The number of halogens is 3. The highest BCUT2D eigenvalue weighted by Gasteiger charge is 2.16. The van der Waals surface area contributed by atoms with Gasteiger partial charge in [-0.25, -0.2) is 13.1 Å². The molecule has 2 aromatic rings. The molecule has 1 amide bonds. The van der Waals surface area contributed by atoms with Crippen LogP contribution in [0.1, 0.15) is 19.8 Å². The molecule has 0 bridgehead atoms. The van der Waals surface area contributed by atoms with Gasteiger partial charge in [-0.2, -0.15) is 0 Å². The molecule has 10 heteroatoms. The number of benzene rings is 2. The maximum Gasteiger partial charge on any atom is 0.262 e. The zero-order chi connectivity index (χ0) is 20.7. The van der Waals surface area contributed by atoms with E-state index < -0.39 is 15.9 Å². The Hall–Kier alpha value is -1.51. The summed E-state index contributed by atoms with van der Waals surface area (Å²) in [5.74, 6) is -0.245. The monoisotopic (exact) mass is 464 g/mol. The van der Waals surface area contributed by atoms with Crippen LogP contribution in [0.2, 0.25) is 15.1 Å². The summed E-state index contributed by atoms with van der Waals surface area (Å²) in [5, 5.41) is 3.38. The van der Waals surface area contributed by atoms with Gasteiger partial charge < -0.3 is 10.1 Å².